The van der Waals surface area contributed by atoms with E-state index in [1.54, 1.807) is 6.26 Å². The Kier molecular flexibility index (Phi) is 2.33. The Bertz CT molecular complexity index is 131. The van der Waals surface area contributed by atoms with Gasteiger partial charge in [-0.1, -0.05) is 13.8 Å². The second-order valence-corrected chi connectivity index (χ2v) is 2.90. The third-order valence-corrected chi connectivity index (χ3v) is 2.23. The molecule has 0 radical (unpaired) electrons. The van der Waals surface area contributed by atoms with Crippen LogP contribution in [0.15, 0.2) is 12.3 Å². The van der Waals surface area contributed by atoms with Gasteiger partial charge in [0.05, 0.1) is 12.9 Å². The Hall–Kier alpha value is -0.500. The average Bonchev–Trinajstić information content (AvgIpc) is 1.95. The SMILES string of the molecule is CC1C=COC(CO)C1C. The fourth-order valence-corrected chi connectivity index (χ4v) is 1.12. The van der Waals surface area contributed by atoms with Gasteiger partial charge < -0.3 is 9.84 Å². The van der Waals surface area contributed by atoms with E-state index in [9.17, 15) is 0 Å². The maximum absolute atomic E-state index is 8.82. The van der Waals surface area contributed by atoms with Crippen LogP contribution in [-0.4, -0.2) is 17.8 Å². The molecule has 1 N–H and O–H groups in total. The summed E-state index contributed by atoms with van der Waals surface area (Å²) in [6.45, 7) is 4.34. The van der Waals surface area contributed by atoms with Crippen LogP contribution in [0.1, 0.15) is 13.8 Å². The first-order chi connectivity index (χ1) is 4.75. The van der Waals surface area contributed by atoms with Gasteiger partial charge in [-0.2, -0.15) is 0 Å². The van der Waals surface area contributed by atoms with Crippen LogP contribution in [0, 0.1) is 11.8 Å². The molecule has 0 fully saturated rings. The minimum atomic E-state index is -0.000000000000000444. The summed E-state index contributed by atoms with van der Waals surface area (Å²) in [7, 11) is 0. The molecule has 0 aromatic rings. The zero-order chi connectivity index (χ0) is 7.56. The Balaban J connectivity index is 2.56. The minimum Gasteiger partial charge on any atom is -0.496 e. The lowest BCUT2D eigenvalue weighted by Gasteiger charge is -2.28. The van der Waals surface area contributed by atoms with Crippen molar-refractivity contribution in [1.29, 1.82) is 0 Å². The van der Waals surface area contributed by atoms with Crippen LogP contribution in [0.4, 0.5) is 0 Å². The topological polar surface area (TPSA) is 29.5 Å². The molecule has 0 saturated heterocycles. The third-order valence-electron chi connectivity index (χ3n) is 2.23. The monoisotopic (exact) mass is 142 g/mol. The van der Waals surface area contributed by atoms with Crippen molar-refractivity contribution in [2.75, 3.05) is 6.61 Å². The maximum Gasteiger partial charge on any atom is 0.124 e. The number of allylic oxidation sites excluding steroid dienone is 1. The molecule has 0 spiro atoms. The zero-order valence-electron chi connectivity index (χ0n) is 6.45. The molecule has 10 heavy (non-hydrogen) atoms. The summed E-state index contributed by atoms with van der Waals surface area (Å²) in [5, 5.41) is 8.82. The summed E-state index contributed by atoms with van der Waals surface area (Å²) in [4.78, 5) is 0. The van der Waals surface area contributed by atoms with Gasteiger partial charge in [0.2, 0.25) is 0 Å². The predicted octanol–water partition coefficient (Wildman–Crippen LogP) is 1.16. The minimum absolute atomic E-state index is 0.000000000000000444. The Labute approximate surface area is 61.5 Å². The largest absolute Gasteiger partial charge is 0.496 e. The van der Waals surface area contributed by atoms with E-state index in [2.05, 4.69) is 13.8 Å². The molecule has 0 aromatic carbocycles. The van der Waals surface area contributed by atoms with Crippen molar-refractivity contribution in [3.63, 3.8) is 0 Å². The van der Waals surface area contributed by atoms with Crippen molar-refractivity contribution in [1.82, 2.24) is 0 Å². The number of aliphatic hydroxyl groups excluding tert-OH is 1. The van der Waals surface area contributed by atoms with Crippen LogP contribution in [0.2, 0.25) is 0 Å². The van der Waals surface area contributed by atoms with Crippen LogP contribution in [0.3, 0.4) is 0 Å². The lowest BCUT2D eigenvalue weighted by molar-refractivity contribution is 0.0134. The lowest BCUT2D eigenvalue weighted by Crippen LogP contribution is -2.30. The molecule has 1 rings (SSSR count). The Morgan fingerprint density at radius 3 is 2.70 bits per heavy atom. The van der Waals surface area contributed by atoms with E-state index in [0.29, 0.717) is 11.8 Å². The van der Waals surface area contributed by atoms with Crippen molar-refractivity contribution >= 4 is 0 Å². The van der Waals surface area contributed by atoms with Crippen LogP contribution in [0.25, 0.3) is 0 Å². The van der Waals surface area contributed by atoms with Gasteiger partial charge in [0.1, 0.15) is 6.10 Å². The highest BCUT2D eigenvalue weighted by Crippen LogP contribution is 2.23. The van der Waals surface area contributed by atoms with E-state index in [1.807, 2.05) is 6.08 Å². The second-order valence-electron chi connectivity index (χ2n) is 2.90. The van der Waals surface area contributed by atoms with E-state index in [4.69, 9.17) is 9.84 Å². The van der Waals surface area contributed by atoms with Gasteiger partial charge in [0.15, 0.2) is 0 Å². The molecule has 1 aliphatic rings. The fraction of sp³-hybridized carbons (Fsp3) is 0.750. The normalized spacial score (nSPS) is 39.3. The molecular weight excluding hydrogens is 128 g/mol. The van der Waals surface area contributed by atoms with Crippen molar-refractivity contribution in [3.05, 3.63) is 12.3 Å². The summed E-state index contributed by atoms with van der Waals surface area (Å²) in [5.41, 5.74) is 0. The Morgan fingerprint density at radius 2 is 2.20 bits per heavy atom. The highest BCUT2D eigenvalue weighted by atomic mass is 16.5. The molecule has 3 atom stereocenters. The predicted molar refractivity (Wildman–Crippen MR) is 39.4 cm³/mol. The molecule has 2 heteroatoms. The number of ether oxygens (including phenoxy) is 1. The first kappa shape index (κ1) is 7.61. The van der Waals surface area contributed by atoms with Gasteiger partial charge in [-0.25, -0.2) is 0 Å². The van der Waals surface area contributed by atoms with Gasteiger partial charge in [-0.05, 0) is 12.0 Å². The van der Waals surface area contributed by atoms with E-state index < -0.39 is 0 Å². The van der Waals surface area contributed by atoms with E-state index in [-0.39, 0.29) is 12.7 Å². The molecule has 58 valence electrons. The molecule has 2 nitrogen and oxygen atoms in total. The molecule has 1 aliphatic heterocycles. The highest BCUT2D eigenvalue weighted by molar-refractivity contribution is 4.91. The molecule has 0 saturated carbocycles. The van der Waals surface area contributed by atoms with E-state index in [0.717, 1.165) is 0 Å². The van der Waals surface area contributed by atoms with Crippen LogP contribution in [-0.2, 0) is 4.74 Å². The molecule has 0 amide bonds. The summed E-state index contributed by atoms with van der Waals surface area (Å²) in [5.74, 6) is 0.945. The van der Waals surface area contributed by atoms with E-state index >= 15 is 0 Å². The first-order valence-electron chi connectivity index (χ1n) is 3.68. The second kappa shape index (κ2) is 3.06. The van der Waals surface area contributed by atoms with Gasteiger partial charge in [0, 0.05) is 5.92 Å². The van der Waals surface area contributed by atoms with Crippen LogP contribution < -0.4 is 0 Å². The zero-order valence-corrected chi connectivity index (χ0v) is 6.45. The van der Waals surface area contributed by atoms with Crippen molar-refractivity contribution < 1.29 is 9.84 Å². The molecule has 0 bridgehead atoms. The summed E-state index contributed by atoms with van der Waals surface area (Å²) >= 11 is 0. The van der Waals surface area contributed by atoms with Gasteiger partial charge in [0.25, 0.3) is 0 Å². The summed E-state index contributed by atoms with van der Waals surface area (Å²) in [6, 6.07) is 0. The number of aliphatic hydroxyl groups is 1. The van der Waals surface area contributed by atoms with Gasteiger partial charge >= 0.3 is 0 Å². The molecular formula is C8H14O2. The highest BCUT2D eigenvalue weighted by Gasteiger charge is 2.24. The number of rotatable bonds is 1. The molecule has 3 unspecified atom stereocenters. The molecule has 0 aliphatic carbocycles. The first-order valence-corrected chi connectivity index (χ1v) is 3.68. The molecule has 1 heterocycles. The van der Waals surface area contributed by atoms with Crippen molar-refractivity contribution in [3.8, 4) is 0 Å². The standard InChI is InChI=1S/C8H14O2/c1-6-3-4-10-8(5-9)7(6)2/h3-4,6-9H,5H2,1-2H3. The summed E-state index contributed by atoms with van der Waals surface area (Å²) < 4.78 is 5.18. The quantitative estimate of drug-likeness (QED) is 0.595. The average molecular weight is 142 g/mol. The maximum atomic E-state index is 8.82. The third kappa shape index (κ3) is 1.32. The summed E-state index contributed by atoms with van der Waals surface area (Å²) in [6.07, 6.45) is 3.71. The smallest absolute Gasteiger partial charge is 0.124 e. The van der Waals surface area contributed by atoms with Crippen molar-refractivity contribution in [2.24, 2.45) is 11.8 Å². The van der Waals surface area contributed by atoms with Gasteiger partial charge in [-0.15, -0.1) is 0 Å². The molecule has 0 aromatic heterocycles. The van der Waals surface area contributed by atoms with Crippen LogP contribution in [0.5, 0.6) is 0 Å². The number of hydrogen-bond donors (Lipinski definition) is 1. The lowest BCUT2D eigenvalue weighted by atomic mass is 9.89. The van der Waals surface area contributed by atoms with E-state index in [1.165, 1.54) is 0 Å². The Morgan fingerprint density at radius 1 is 1.50 bits per heavy atom. The number of hydrogen-bond acceptors (Lipinski definition) is 2. The van der Waals surface area contributed by atoms with Crippen molar-refractivity contribution in [2.45, 2.75) is 20.0 Å². The van der Waals surface area contributed by atoms with Gasteiger partial charge in [-0.3, -0.25) is 0 Å². The van der Waals surface area contributed by atoms with Crippen LogP contribution >= 0.6 is 0 Å². The fourth-order valence-electron chi connectivity index (χ4n) is 1.12.